The lowest BCUT2D eigenvalue weighted by molar-refractivity contribution is 0.0956. The molecular weight excluding hydrogens is 393 g/mol. The number of fused-ring (bicyclic) bond motifs is 1. The summed E-state index contributed by atoms with van der Waals surface area (Å²) in [4.78, 5) is 31.1. The van der Waals surface area contributed by atoms with Crippen LogP contribution in [-0.4, -0.2) is 30.4 Å². The van der Waals surface area contributed by atoms with Crippen molar-refractivity contribution in [2.24, 2.45) is 0 Å². The third-order valence-electron chi connectivity index (χ3n) is 5.78. The molecule has 3 aromatic rings. The third-order valence-corrected chi connectivity index (χ3v) is 5.78. The first-order chi connectivity index (χ1) is 14.9. The SMILES string of the molecule is CNC(=O)c1ccc(Cc2cc3c(cc2C)CCN(c2ncccc2C)C3=O)cc1F. The van der Waals surface area contributed by atoms with E-state index in [1.165, 1.54) is 19.2 Å². The van der Waals surface area contributed by atoms with E-state index in [0.717, 1.165) is 34.2 Å². The van der Waals surface area contributed by atoms with Gasteiger partial charge in [-0.3, -0.25) is 14.5 Å². The predicted octanol–water partition coefficient (Wildman–Crippen LogP) is 3.99. The van der Waals surface area contributed by atoms with E-state index >= 15 is 0 Å². The molecule has 4 rings (SSSR count). The van der Waals surface area contributed by atoms with Crippen LogP contribution in [0.3, 0.4) is 0 Å². The molecule has 1 aromatic heterocycles. The number of anilines is 1. The Bertz CT molecular complexity index is 1190. The minimum atomic E-state index is -0.555. The highest BCUT2D eigenvalue weighted by atomic mass is 19.1. The van der Waals surface area contributed by atoms with E-state index in [0.29, 0.717) is 24.3 Å². The number of benzene rings is 2. The summed E-state index contributed by atoms with van der Waals surface area (Å²) in [6, 6.07) is 12.4. The Labute approximate surface area is 180 Å². The Morgan fingerprint density at radius 3 is 2.68 bits per heavy atom. The van der Waals surface area contributed by atoms with Gasteiger partial charge in [0.25, 0.3) is 11.8 Å². The number of pyridine rings is 1. The number of nitrogens with one attached hydrogen (secondary N) is 1. The van der Waals surface area contributed by atoms with Crippen molar-refractivity contribution < 1.29 is 14.0 Å². The minimum Gasteiger partial charge on any atom is -0.355 e. The summed E-state index contributed by atoms with van der Waals surface area (Å²) in [5, 5.41) is 2.43. The Balaban J connectivity index is 1.65. The molecule has 31 heavy (non-hydrogen) atoms. The van der Waals surface area contributed by atoms with Crippen LogP contribution < -0.4 is 10.2 Å². The van der Waals surface area contributed by atoms with Crippen LogP contribution in [-0.2, 0) is 12.8 Å². The van der Waals surface area contributed by atoms with Crippen LogP contribution in [0.5, 0.6) is 0 Å². The lowest BCUT2D eigenvalue weighted by Crippen LogP contribution is -2.38. The summed E-state index contributed by atoms with van der Waals surface area (Å²) in [5.74, 6) is -0.387. The van der Waals surface area contributed by atoms with Gasteiger partial charge in [-0.1, -0.05) is 18.2 Å². The summed E-state index contributed by atoms with van der Waals surface area (Å²) in [7, 11) is 1.47. The van der Waals surface area contributed by atoms with Gasteiger partial charge >= 0.3 is 0 Å². The number of rotatable bonds is 4. The summed E-state index contributed by atoms with van der Waals surface area (Å²) < 4.78 is 14.4. The van der Waals surface area contributed by atoms with E-state index in [2.05, 4.69) is 16.4 Å². The summed E-state index contributed by atoms with van der Waals surface area (Å²) in [6.45, 7) is 4.54. The van der Waals surface area contributed by atoms with Crippen LogP contribution in [0.15, 0.2) is 48.7 Å². The fourth-order valence-corrected chi connectivity index (χ4v) is 4.06. The first kappa shape index (κ1) is 20.7. The second kappa shape index (κ2) is 8.30. The van der Waals surface area contributed by atoms with Crippen LogP contribution >= 0.6 is 0 Å². The molecule has 1 N–H and O–H groups in total. The molecule has 0 radical (unpaired) electrons. The average Bonchev–Trinajstić information content (AvgIpc) is 2.75. The van der Waals surface area contributed by atoms with Crippen molar-refractivity contribution in [2.75, 3.05) is 18.5 Å². The monoisotopic (exact) mass is 417 g/mol. The maximum Gasteiger partial charge on any atom is 0.259 e. The van der Waals surface area contributed by atoms with Crippen molar-refractivity contribution in [2.45, 2.75) is 26.7 Å². The minimum absolute atomic E-state index is 0.0185. The van der Waals surface area contributed by atoms with Crippen molar-refractivity contribution in [1.82, 2.24) is 10.3 Å². The molecule has 0 spiro atoms. The van der Waals surface area contributed by atoms with E-state index < -0.39 is 11.7 Å². The molecule has 5 nitrogen and oxygen atoms in total. The van der Waals surface area contributed by atoms with E-state index in [4.69, 9.17) is 0 Å². The molecule has 0 aliphatic carbocycles. The third kappa shape index (κ3) is 3.93. The maximum atomic E-state index is 14.4. The van der Waals surface area contributed by atoms with Gasteiger partial charge in [0.05, 0.1) is 5.56 Å². The van der Waals surface area contributed by atoms with E-state index in [1.54, 1.807) is 17.2 Å². The molecule has 0 saturated heterocycles. The van der Waals surface area contributed by atoms with Gasteiger partial charge < -0.3 is 5.32 Å². The zero-order valence-corrected chi connectivity index (χ0v) is 17.8. The fraction of sp³-hybridized carbons (Fsp3) is 0.240. The van der Waals surface area contributed by atoms with Crippen molar-refractivity contribution in [3.05, 3.63) is 93.4 Å². The molecule has 0 unspecified atom stereocenters. The van der Waals surface area contributed by atoms with E-state index in [9.17, 15) is 14.0 Å². The molecule has 158 valence electrons. The van der Waals surface area contributed by atoms with Gasteiger partial charge in [0.15, 0.2) is 0 Å². The van der Waals surface area contributed by atoms with Crippen molar-refractivity contribution in [3.63, 3.8) is 0 Å². The first-order valence-electron chi connectivity index (χ1n) is 10.3. The van der Waals surface area contributed by atoms with Gasteiger partial charge in [-0.2, -0.15) is 0 Å². The van der Waals surface area contributed by atoms with Crippen LogP contribution in [0.2, 0.25) is 0 Å². The molecule has 1 aliphatic heterocycles. The Kier molecular flexibility index (Phi) is 5.55. The highest BCUT2D eigenvalue weighted by Gasteiger charge is 2.28. The van der Waals surface area contributed by atoms with E-state index in [1.807, 2.05) is 32.0 Å². The van der Waals surface area contributed by atoms with Crippen molar-refractivity contribution >= 4 is 17.6 Å². The van der Waals surface area contributed by atoms with Crippen molar-refractivity contribution in [1.29, 1.82) is 0 Å². The number of carbonyl (C=O) groups excluding carboxylic acids is 2. The molecule has 0 fully saturated rings. The van der Waals surface area contributed by atoms with E-state index in [-0.39, 0.29) is 11.5 Å². The number of carbonyl (C=O) groups is 2. The molecule has 2 aromatic carbocycles. The van der Waals surface area contributed by atoms with Crippen LogP contribution in [0.4, 0.5) is 10.2 Å². The molecule has 0 bridgehead atoms. The smallest absolute Gasteiger partial charge is 0.259 e. The zero-order chi connectivity index (χ0) is 22.1. The Morgan fingerprint density at radius 2 is 1.97 bits per heavy atom. The lowest BCUT2D eigenvalue weighted by atomic mass is 9.90. The molecule has 1 aliphatic rings. The molecule has 6 heteroatoms. The lowest BCUT2D eigenvalue weighted by Gasteiger charge is -2.29. The van der Waals surface area contributed by atoms with Gasteiger partial charge in [0.1, 0.15) is 11.6 Å². The normalized spacial score (nSPS) is 13.2. The second-order valence-corrected chi connectivity index (χ2v) is 7.86. The molecule has 2 heterocycles. The quantitative estimate of drug-likeness (QED) is 0.698. The standard InChI is InChI=1S/C25H24FN3O2/c1-15-5-4-9-28-23(15)29-10-8-18-11-16(2)19(14-21(18)25(29)31)12-17-6-7-20(22(26)13-17)24(30)27-3/h4-7,9,11,13-14H,8,10,12H2,1-3H3,(H,27,30). The highest BCUT2D eigenvalue weighted by molar-refractivity contribution is 6.08. The Morgan fingerprint density at radius 1 is 1.16 bits per heavy atom. The fourth-order valence-electron chi connectivity index (χ4n) is 4.06. The maximum absolute atomic E-state index is 14.4. The zero-order valence-electron chi connectivity index (χ0n) is 17.8. The topological polar surface area (TPSA) is 62.3 Å². The summed E-state index contributed by atoms with van der Waals surface area (Å²) in [5.41, 5.74) is 5.43. The number of aryl methyl sites for hydroxylation is 2. The number of nitrogens with zero attached hydrogens (tertiary/aromatic N) is 2. The van der Waals surface area contributed by atoms with Crippen molar-refractivity contribution in [3.8, 4) is 0 Å². The predicted molar refractivity (Wildman–Crippen MR) is 118 cm³/mol. The van der Waals surface area contributed by atoms with Crippen LogP contribution in [0.25, 0.3) is 0 Å². The highest BCUT2D eigenvalue weighted by Crippen LogP contribution is 2.28. The number of halogens is 1. The largest absolute Gasteiger partial charge is 0.355 e. The van der Waals surface area contributed by atoms with Gasteiger partial charge in [-0.05, 0) is 78.8 Å². The number of amides is 2. The number of aromatic nitrogens is 1. The average molecular weight is 417 g/mol. The van der Waals surface area contributed by atoms with Gasteiger partial charge in [0.2, 0.25) is 0 Å². The molecule has 2 amide bonds. The summed E-state index contributed by atoms with van der Waals surface area (Å²) in [6.07, 6.45) is 2.93. The number of hydrogen-bond acceptors (Lipinski definition) is 3. The molecule has 0 atom stereocenters. The summed E-state index contributed by atoms with van der Waals surface area (Å²) >= 11 is 0. The van der Waals surface area contributed by atoms with Gasteiger partial charge in [-0.25, -0.2) is 9.37 Å². The van der Waals surface area contributed by atoms with Gasteiger partial charge in [0, 0.05) is 25.4 Å². The Hall–Kier alpha value is -3.54. The molecular formula is C25H24FN3O2. The molecule has 0 saturated carbocycles. The second-order valence-electron chi connectivity index (χ2n) is 7.86. The first-order valence-corrected chi connectivity index (χ1v) is 10.3. The van der Waals surface area contributed by atoms with Crippen LogP contribution in [0, 0.1) is 19.7 Å². The van der Waals surface area contributed by atoms with Crippen LogP contribution in [0.1, 0.15) is 48.5 Å². The van der Waals surface area contributed by atoms with Gasteiger partial charge in [-0.15, -0.1) is 0 Å². The number of hydrogen-bond donors (Lipinski definition) is 1.